The van der Waals surface area contributed by atoms with Crippen LogP contribution in [-0.4, -0.2) is 18.0 Å². The molecule has 3 aromatic rings. The van der Waals surface area contributed by atoms with E-state index >= 15 is 0 Å². The lowest BCUT2D eigenvalue weighted by atomic mass is 10.1. The van der Waals surface area contributed by atoms with Crippen LogP contribution < -0.4 is 15.7 Å². The largest absolute Gasteiger partial charge is 0.493 e. The lowest BCUT2D eigenvalue weighted by molar-refractivity contribution is 0.0947. The van der Waals surface area contributed by atoms with E-state index in [1.807, 2.05) is 6.07 Å². The van der Waals surface area contributed by atoms with Crippen molar-refractivity contribution in [3.63, 3.8) is 0 Å². The van der Waals surface area contributed by atoms with Crippen molar-refractivity contribution in [3.05, 3.63) is 69.3 Å². The third-order valence-corrected chi connectivity index (χ3v) is 3.62. The number of amides is 1. The third kappa shape index (κ3) is 3.23. The van der Waals surface area contributed by atoms with E-state index in [1.54, 1.807) is 24.5 Å². The van der Waals surface area contributed by atoms with Crippen LogP contribution in [0.4, 0.5) is 0 Å². The minimum Gasteiger partial charge on any atom is -0.493 e. The minimum atomic E-state index is -0.744. The summed E-state index contributed by atoms with van der Waals surface area (Å²) in [7, 11) is 1.44. The van der Waals surface area contributed by atoms with E-state index in [2.05, 4.69) is 10.3 Å². The fourth-order valence-electron chi connectivity index (χ4n) is 2.26. The van der Waals surface area contributed by atoms with E-state index in [1.165, 1.54) is 19.2 Å². The lowest BCUT2D eigenvalue weighted by Crippen LogP contribution is -2.27. The fraction of sp³-hybridized carbons (Fsp3) is 0.118. The molecule has 0 bridgehead atoms. The summed E-state index contributed by atoms with van der Waals surface area (Å²) in [6.07, 6.45) is 3.27. The number of rotatable bonds is 4. The van der Waals surface area contributed by atoms with Crippen molar-refractivity contribution in [2.24, 2.45) is 0 Å². The molecule has 0 atom stereocenters. The van der Waals surface area contributed by atoms with Crippen molar-refractivity contribution in [3.8, 4) is 5.75 Å². The van der Waals surface area contributed by atoms with Gasteiger partial charge in [-0.25, -0.2) is 4.79 Å². The van der Waals surface area contributed by atoms with Gasteiger partial charge in [-0.3, -0.25) is 9.78 Å². The number of carbonyl (C=O) groups excluding carboxylic acids is 1. The van der Waals surface area contributed by atoms with Gasteiger partial charge >= 0.3 is 5.63 Å². The first-order valence-corrected chi connectivity index (χ1v) is 7.45. The number of hydrogen-bond donors (Lipinski definition) is 1. The Morgan fingerprint density at radius 3 is 2.92 bits per heavy atom. The van der Waals surface area contributed by atoms with Crippen LogP contribution in [0.15, 0.2) is 51.9 Å². The molecule has 1 aromatic carbocycles. The molecule has 0 aliphatic rings. The summed E-state index contributed by atoms with van der Waals surface area (Å²) in [5, 5.41) is 3.58. The molecule has 0 unspecified atom stereocenters. The summed E-state index contributed by atoms with van der Waals surface area (Å²) in [5.41, 5.74) is 0.221. The highest BCUT2D eigenvalue weighted by Gasteiger charge is 2.16. The van der Waals surface area contributed by atoms with Gasteiger partial charge in [0.05, 0.1) is 7.11 Å². The average Bonchev–Trinajstić information content (AvgIpc) is 2.59. The number of halogens is 1. The topological polar surface area (TPSA) is 81.4 Å². The zero-order valence-electron chi connectivity index (χ0n) is 12.7. The molecule has 24 heavy (non-hydrogen) atoms. The lowest BCUT2D eigenvalue weighted by Gasteiger charge is -2.07. The number of fused-ring (bicyclic) bond motifs is 1. The van der Waals surface area contributed by atoms with Crippen LogP contribution in [0.25, 0.3) is 11.0 Å². The van der Waals surface area contributed by atoms with E-state index < -0.39 is 11.5 Å². The van der Waals surface area contributed by atoms with Crippen LogP contribution in [0, 0.1) is 0 Å². The number of nitrogens with zero attached hydrogens (tertiary/aromatic N) is 1. The van der Waals surface area contributed by atoms with Crippen molar-refractivity contribution in [1.29, 1.82) is 0 Å². The first-order valence-electron chi connectivity index (χ1n) is 7.07. The van der Waals surface area contributed by atoms with Crippen LogP contribution in [0.2, 0.25) is 5.02 Å². The molecule has 7 heteroatoms. The molecule has 2 aromatic heterocycles. The van der Waals surface area contributed by atoms with Crippen molar-refractivity contribution in [1.82, 2.24) is 10.3 Å². The second-order valence-corrected chi connectivity index (χ2v) is 5.45. The van der Waals surface area contributed by atoms with Crippen LogP contribution in [0.3, 0.4) is 0 Å². The van der Waals surface area contributed by atoms with E-state index in [9.17, 15) is 9.59 Å². The van der Waals surface area contributed by atoms with Gasteiger partial charge in [-0.1, -0.05) is 17.7 Å². The van der Waals surface area contributed by atoms with Gasteiger partial charge in [0, 0.05) is 35.4 Å². The molecule has 0 saturated heterocycles. The smallest absolute Gasteiger partial charge is 0.349 e. The Hall–Kier alpha value is -2.86. The molecular weight excluding hydrogens is 332 g/mol. The molecule has 6 nitrogen and oxygen atoms in total. The number of aromatic nitrogens is 1. The maximum atomic E-state index is 12.3. The molecule has 2 heterocycles. The van der Waals surface area contributed by atoms with Crippen molar-refractivity contribution < 1.29 is 13.9 Å². The highest BCUT2D eigenvalue weighted by Crippen LogP contribution is 2.29. The molecular formula is C17H13ClN2O4. The van der Waals surface area contributed by atoms with Crippen LogP contribution in [-0.2, 0) is 6.54 Å². The predicted octanol–water partition coefficient (Wildman–Crippen LogP) is 2.78. The summed E-state index contributed by atoms with van der Waals surface area (Å²) in [4.78, 5) is 28.3. The molecule has 0 aliphatic carbocycles. The Morgan fingerprint density at radius 1 is 1.38 bits per heavy atom. The Morgan fingerprint density at radius 2 is 2.21 bits per heavy atom. The molecule has 0 saturated carbocycles. The second kappa shape index (κ2) is 6.72. The summed E-state index contributed by atoms with van der Waals surface area (Å²) in [6.45, 7) is 0.253. The minimum absolute atomic E-state index is 0.101. The monoisotopic (exact) mass is 344 g/mol. The van der Waals surface area contributed by atoms with Gasteiger partial charge in [0.1, 0.15) is 5.56 Å². The molecule has 0 spiro atoms. The van der Waals surface area contributed by atoms with Gasteiger partial charge < -0.3 is 14.5 Å². The Labute approximate surface area is 142 Å². The molecule has 0 aliphatic heterocycles. The maximum absolute atomic E-state index is 12.3. The standard InChI is InChI=1S/C17H13ClN2O4/c1-23-14-7-12(18)5-11-6-13(17(22)24-15(11)14)16(21)20-9-10-3-2-4-19-8-10/h2-8H,9H2,1H3,(H,20,21). The number of ether oxygens (including phenoxy) is 1. The molecule has 0 fully saturated rings. The molecule has 1 amide bonds. The average molecular weight is 345 g/mol. The Balaban J connectivity index is 1.93. The summed E-state index contributed by atoms with van der Waals surface area (Å²) in [5.74, 6) is -0.203. The number of pyridine rings is 1. The summed E-state index contributed by atoms with van der Waals surface area (Å²) >= 11 is 6.01. The molecule has 3 rings (SSSR count). The predicted molar refractivity (Wildman–Crippen MR) is 89.5 cm³/mol. The van der Waals surface area contributed by atoms with Gasteiger partial charge in [0.15, 0.2) is 11.3 Å². The van der Waals surface area contributed by atoms with E-state index in [0.29, 0.717) is 16.2 Å². The number of hydrogen-bond acceptors (Lipinski definition) is 5. The Kier molecular flexibility index (Phi) is 4.48. The number of benzene rings is 1. The first-order chi connectivity index (χ1) is 11.6. The number of methoxy groups -OCH3 is 1. The highest BCUT2D eigenvalue weighted by molar-refractivity contribution is 6.31. The zero-order chi connectivity index (χ0) is 17.1. The van der Waals surface area contributed by atoms with Gasteiger partial charge in [-0.05, 0) is 23.8 Å². The van der Waals surface area contributed by atoms with E-state index in [4.69, 9.17) is 20.8 Å². The SMILES string of the molecule is COc1cc(Cl)cc2cc(C(=O)NCc3cccnc3)c(=O)oc12. The summed E-state index contributed by atoms with van der Waals surface area (Å²) < 4.78 is 10.4. The van der Waals surface area contributed by atoms with Gasteiger partial charge in [0.2, 0.25) is 0 Å². The zero-order valence-corrected chi connectivity index (χ0v) is 13.5. The highest BCUT2D eigenvalue weighted by atomic mass is 35.5. The second-order valence-electron chi connectivity index (χ2n) is 5.02. The van der Waals surface area contributed by atoms with E-state index in [0.717, 1.165) is 5.56 Å². The quantitative estimate of drug-likeness (QED) is 0.736. The molecule has 122 valence electrons. The fourth-order valence-corrected chi connectivity index (χ4v) is 2.47. The van der Waals surface area contributed by atoms with Gasteiger partial charge in [0.25, 0.3) is 5.91 Å². The van der Waals surface area contributed by atoms with Crippen LogP contribution in [0.5, 0.6) is 5.75 Å². The first kappa shape index (κ1) is 16.0. The molecule has 0 radical (unpaired) electrons. The van der Waals surface area contributed by atoms with Crippen LogP contribution in [0.1, 0.15) is 15.9 Å². The maximum Gasteiger partial charge on any atom is 0.349 e. The van der Waals surface area contributed by atoms with E-state index in [-0.39, 0.29) is 17.7 Å². The third-order valence-electron chi connectivity index (χ3n) is 3.40. The number of carbonyl (C=O) groups is 1. The normalized spacial score (nSPS) is 10.6. The Bertz CT molecular complexity index is 954. The molecule has 1 N–H and O–H groups in total. The van der Waals surface area contributed by atoms with Crippen molar-refractivity contribution in [2.45, 2.75) is 6.54 Å². The summed E-state index contributed by atoms with van der Waals surface area (Å²) in [6, 6.07) is 8.16. The van der Waals surface area contributed by atoms with Crippen molar-refractivity contribution in [2.75, 3.05) is 7.11 Å². The van der Waals surface area contributed by atoms with Crippen molar-refractivity contribution >= 4 is 28.5 Å². The van der Waals surface area contributed by atoms with Crippen LogP contribution >= 0.6 is 11.6 Å². The number of nitrogens with one attached hydrogen (secondary N) is 1. The van der Waals surface area contributed by atoms with Gasteiger partial charge in [-0.15, -0.1) is 0 Å². The van der Waals surface area contributed by atoms with Gasteiger partial charge in [-0.2, -0.15) is 0 Å².